The molecule has 1 amide bonds. The smallest absolute Gasteiger partial charge is 0.271 e. The van der Waals surface area contributed by atoms with Crippen LogP contribution < -0.4 is 16.4 Å². The van der Waals surface area contributed by atoms with Crippen molar-refractivity contribution in [1.82, 2.24) is 15.0 Å². The standard InChI is InChI=1S/C14H16N6O2/c1-2-9(8-21)18-11-7-17-12(13(15)22)14(20-11)19-10-4-3-5-16-6-10/h3-9H,2H2,1H3,(H2,15,22)(H2,18,19,20)/t9-/m1/s1. The lowest BCUT2D eigenvalue weighted by Crippen LogP contribution is -2.22. The van der Waals surface area contributed by atoms with E-state index >= 15 is 0 Å². The summed E-state index contributed by atoms with van der Waals surface area (Å²) in [6.45, 7) is 1.87. The van der Waals surface area contributed by atoms with E-state index in [4.69, 9.17) is 5.73 Å². The summed E-state index contributed by atoms with van der Waals surface area (Å²) in [5.41, 5.74) is 5.94. The minimum Gasteiger partial charge on any atom is -0.364 e. The van der Waals surface area contributed by atoms with Crippen LogP contribution in [0.15, 0.2) is 30.7 Å². The summed E-state index contributed by atoms with van der Waals surface area (Å²) in [5, 5.41) is 5.86. The molecule has 0 fully saturated rings. The largest absolute Gasteiger partial charge is 0.364 e. The molecule has 2 aromatic heterocycles. The van der Waals surface area contributed by atoms with Gasteiger partial charge in [0.05, 0.1) is 24.1 Å². The quantitative estimate of drug-likeness (QED) is 0.654. The van der Waals surface area contributed by atoms with Crippen LogP contribution in [-0.4, -0.2) is 33.2 Å². The highest BCUT2D eigenvalue weighted by Gasteiger charge is 2.14. The fourth-order valence-electron chi connectivity index (χ4n) is 1.72. The number of anilines is 3. The van der Waals surface area contributed by atoms with Gasteiger partial charge in [-0.2, -0.15) is 0 Å². The van der Waals surface area contributed by atoms with Crippen LogP contribution in [0.1, 0.15) is 23.8 Å². The van der Waals surface area contributed by atoms with E-state index in [2.05, 4.69) is 25.6 Å². The summed E-state index contributed by atoms with van der Waals surface area (Å²) in [7, 11) is 0. The highest BCUT2D eigenvalue weighted by molar-refractivity contribution is 5.96. The third-order valence-electron chi connectivity index (χ3n) is 2.87. The van der Waals surface area contributed by atoms with Crippen molar-refractivity contribution in [3.63, 3.8) is 0 Å². The first-order chi connectivity index (χ1) is 10.6. The lowest BCUT2D eigenvalue weighted by atomic mass is 10.2. The zero-order chi connectivity index (χ0) is 15.9. The van der Waals surface area contributed by atoms with Crippen LogP contribution in [-0.2, 0) is 4.79 Å². The molecule has 0 saturated carbocycles. The van der Waals surface area contributed by atoms with Crippen molar-refractivity contribution >= 4 is 29.5 Å². The summed E-state index contributed by atoms with van der Waals surface area (Å²) in [6.07, 6.45) is 5.96. The normalized spacial score (nSPS) is 11.5. The molecule has 0 aromatic carbocycles. The Morgan fingerprint density at radius 1 is 1.45 bits per heavy atom. The summed E-state index contributed by atoms with van der Waals surface area (Å²) in [5.74, 6) is -0.130. The number of nitrogens with one attached hydrogen (secondary N) is 2. The molecule has 0 radical (unpaired) electrons. The minimum atomic E-state index is -0.701. The van der Waals surface area contributed by atoms with Gasteiger partial charge in [-0.15, -0.1) is 0 Å². The maximum Gasteiger partial charge on any atom is 0.271 e. The molecule has 1 atom stereocenters. The van der Waals surface area contributed by atoms with E-state index < -0.39 is 5.91 Å². The number of carbonyl (C=O) groups is 2. The van der Waals surface area contributed by atoms with Gasteiger partial charge in [-0.3, -0.25) is 9.78 Å². The van der Waals surface area contributed by atoms with Crippen LogP contribution in [0.4, 0.5) is 17.3 Å². The average Bonchev–Trinajstić information content (AvgIpc) is 2.53. The second kappa shape index (κ2) is 7.11. The molecule has 0 aliphatic heterocycles. The Morgan fingerprint density at radius 3 is 2.86 bits per heavy atom. The van der Waals surface area contributed by atoms with Crippen LogP contribution in [0.2, 0.25) is 0 Å². The van der Waals surface area contributed by atoms with E-state index in [1.165, 1.54) is 6.20 Å². The van der Waals surface area contributed by atoms with Crippen molar-refractivity contribution < 1.29 is 9.59 Å². The van der Waals surface area contributed by atoms with Crippen molar-refractivity contribution in [1.29, 1.82) is 0 Å². The van der Waals surface area contributed by atoms with E-state index in [-0.39, 0.29) is 17.6 Å². The molecule has 0 aliphatic rings. The van der Waals surface area contributed by atoms with E-state index in [0.29, 0.717) is 17.9 Å². The maximum atomic E-state index is 11.4. The van der Waals surface area contributed by atoms with Gasteiger partial charge in [-0.25, -0.2) is 9.97 Å². The second-order valence-corrected chi connectivity index (χ2v) is 4.48. The number of amides is 1. The predicted molar refractivity (Wildman–Crippen MR) is 81.8 cm³/mol. The van der Waals surface area contributed by atoms with Crippen molar-refractivity contribution in [3.05, 3.63) is 36.4 Å². The lowest BCUT2D eigenvalue weighted by Gasteiger charge is -2.13. The molecular weight excluding hydrogens is 284 g/mol. The van der Waals surface area contributed by atoms with Gasteiger partial charge in [0.2, 0.25) is 0 Å². The first-order valence-electron chi connectivity index (χ1n) is 6.69. The van der Waals surface area contributed by atoms with Crippen LogP contribution in [0.3, 0.4) is 0 Å². The van der Waals surface area contributed by atoms with Gasteiger partial charge in [0, 0.05) is 6.20 Å². The Labute approximate surface area is 127 Å². The van der Waals surface area contributed by atoms with Crippen molar-refractivity contribution in [2.24, 2.45) is 5.73 Å². The molecule has 0 unspecified atom stereocenters. The van der Waals surface area contributed by atoms with Crippen molar-refractivity contribution in [2.75, 3.05) is 10.6 Å². The van der Waals surface area contributed by atoms with E-state index in [1.807, 2.05) is 6.92 Å². The number of rotatable bonds is 7. The van der Waals surface area contributed by atoms with Crippen LogP contribution >= 0.6 is 0 Å². The minimum absolute atomic E-state index is 0.00792. The third-order valence-corrected chi connectivity index (χ3v) is 2.87. The molecule has 2 aromatic rings. The number of aromatic nitrogens is 3. The topological polar surface area (TPSA) is 123 Å². The molecule has 2 rings (SSSR count). The number of carbonyl (C=O) groups excluding carboxylic acids is 2. The van der Waals surface area contributed by atoms with Crippen molar-refractivity contribution in [2.45, 2.75) is 19.4 Å². The Hall–Kier alpha value is -3.03. The van der Waals surface area contributed by atoms with E-state index in [1.54, 1.807) is 24.5 Å². The third kappa shape index (κ3) is 3.75. The molecule has 0 saturated heterocycles. The Kier molecular flexibility index (Phi) is 4.97. The first kappa shape index (κ1) is 15.4. The molecule has 114 valence electrons. The molecule has 0 aliphatic carbocycles. The molecule has 2 heterocycles. The summed E-state index contributed by atoms with van der Waals surface area (Å²) in [4.78, 5) is 34.5. The highest BCUT2D eigenvalue weighted by Crippen LogP contribution is 2.18. The average molecular weight is 300 g/mol. The second-order valence-electron chi connectivity index (χ2n) is 4.48. The van der Waals surface area contributed by atoms with Crippen LogP contribution in [0.25, 0.3) is 0 Å². The molecular formula is C14H16N6O2. The van der Waals surface area contributed by atoms with Gasteiger partial charge in [-0.05, 0) is 18.6 Å². The van der Waals surface area contributed by atoms with Gasteiger partial charge in [0.15, 0.2) is 11.5 Å². The van der Waals surface area contributed by atoms with Gasteiger partial charge >= 0.3 is 0 Å². The molecule has 8 heteroatoms. The fraction of sp³-hybridized carbons (Fsp3) is 0.214. The van der Waals surface area contributed by atoms with Crippen molar-refractivity contribution in [3.8, 4) is 0 Å². The summed E-state index contributed by atoms with van der Waals surface area (Å²) >= 11 is 0. The Bertz CT molecular complexity index is 662. The maximum absolute atomic E-state index is 11.4. The molecule has 22 heavy (non-hydrogen) atoms. The summed E-state index contributed by atoms with van der Waals surface area (Å²) < 4.78 is 0. The monoisotopic (exact) mass is 300 g/mol. The summed E-state index contributed by atoms with van der Waals surface area (Å²) in [6, 6.07) is 3.13. The Balaban J connectivity index is 2.31. The van der Waals surface area contributed by atoms with Gasteiger partial charge < -0.3 is 21.2 Å². The SMILES string of the molecule is CC[C@H](C=O)Nc1cnc(C(N)=O)c(Nc2cccnc2)n1. The van der Waals surface area contributed by atoms with Crippen LogP contribution in [0.5, 0.6) is 0 Å². The molecule has 8 nitrogen and oxygen atoms in total. The number of hydrogen-bond donors (Lipinski definition) is 3. The van der Waals surface area contributed by atoms with E-state index in [0.717, 1.165) is 6.29 Å². The molecule has 0 bridgehead atoms. The van der Waals surface area contributed by atoms with E-state index in [9.17, 15) is 9.59 Å². The zero-order valence-corrected chi connectivity index (χ0v) is 12.0. The molecule has 4 N–H and O–H groups in total. The number of aldehydes is 1. The molecule has 0 spiro atoms. The number of primary amides is 1. The zero-order valence-electron chi connectivity index (χ0n) is 12.0. The fourth-order valence-corrected chi connectivity index (χ4v) is 1.72. The number of nitrogens with two attached hydrogens (primary N) is 1. The van der Waals surface area contributed by atoms with Gasteiger partial charge in [0.1, 0.15) is 12.1 Å². The van der Waals surface area contributed by atoms with Gasteiger partial charge in [-0.1, -0.05) is 6.92 Å². The Morgan fingerprint density at radius 2 is 2.27 bits per heavy atom. The highest BCUT2D eigenvalue weighted by atomic mass is 16.1. The lowest BCUT2D eigenvalue weighted by molar-refractivity contribution is -0.108. The first-order valence-corrected chi connectivity index (χ1v) is 6.69. The predicted octanol–water partition coefficient (Wildman–Crippen LogP) is 1.10. The van der Waals surface area contributed by atoms with Gasteiger partial charge in [0.25, 0.3) is 5.91 Å². The number of nitrogens with zero attached hydrogens (tertiary/aromatic N) is 3. The number of hydrogen-bond acceptors (Lipinski definition) is 7. The van der Waals surface area contributed by atoms with Crippen LogP contribution in [0, 0.1) is 0 Å². The number of pyridine rings is 1.